The first-order valence-corrected chi connectivity index (χ1v) is 13.3. The molecule has 41 heavy (non-hydrogen) atoms. The Morgan fingerprint density at radius 2 is 1.83 bits per heavy atom. The minimum atomic E-state index is -5.08. The number of aromatic hydroxyl groups is 1. The summed E-state index contributed by atoms with van der Waals surface area (Å²) in [5, 5.41) is 21.6. The maximum atomic E-state index is 14.0. The van der Waals surface area contributed by atoms with Gasteiger partial charge in [0.1, 0.15) is 4.88 Å². The van der Waals surface area contributed by atoms with Crippen LogP contribution in [0.4, 0.5) is 31.5 Å². The summed E-state index contributed by atoms with van der Waals surface area (Å²) >= 11 is 1.06. The average molecular weight is 596 g/mol. The minimum absolute atomic E-state index is 0.00520. The highest BCUT2D eigenvalue weighted by atomic mass is 32.1. The molecule has 216 valence electrons. The van der Waals surface area contributed by atoms with E-state index < -0.39 is 34.9 Å². The fraction of sp³-hybridized carbons (Fsp3) is 0.296. The Balaban J connectivity index is 1.60. The van der Waals surface area contributed by atoms with Gasteiger partial charge in [0.25, 0.3) is 0 Å². The minimum Gasteiger partial charge on any atom is -0.492 e. The fourth-order valence-corrected chi connectivity index (χ4v) is 5.81. The van der Waals surface area contributed by atoms with E-state index in [1.807, 2.05) is 4.90 Å². The summed E-state index contributed by atoms with van der Waals surface area (Å²) in [5.41, 5.74) is -2.17. The molecule has 14 heteroatoms. The molecular weight excluding hydrogens is 572 g/mol. The van der Waals surface area contributed by atoms with E-state index in [4.69, 9.17) is 0 Å². The summed E-state index contributed by atoms with van der Waals surface area (Å²) < 4.78 is 81.7. The third-order valence-corrected chi connectivity index (χ3v) is 7.89. The first-order chi connectivity index (χ1) is 19.3. The summed E-state index contributed by atoms with van der Waals surface area (Å²) in [6.07, 6.45) is -6.14. The molecule has 0 radical (unpaired) electrons. The number of thiazole rings is 1. The first-order valence-electron chi connectivity index (χ1n) is 12.5. The molecule has 7 nitrogen and oxygen atoms in total. The number of halogens is 6. The van der Waals surface area contributed by atoms with Crippen molar-refractivity contribution in [2.75, 3.05) is 18.0 Å². The number of hydrogen-bond acceptors (Lipinski definition) is 6. The number of H-pyrrole nitrogens is 1. The molecule has 1 amide bonds. The second-order valence-electron chi connectivity index (χ2n) is 9.64. The summed E-state index contributed by atoms with van der Waals surface area (Å²) in [6.45, 7) is 2.48. The largest absolute Gasteiger partial charge is 0.492 e. The van der Waals surface area contributed by atoms with Crippen molar-refractivity contribution in [3.8, 4) is 5.88 Å². The number of aromatic nitrogens is 3. The predicted molar refractivity (Wildman–Crippen MR) is 142 cm³/mol. The van der Waals surface area contributed by atoms with Gasteiger partial charge in [-0.15, -0.1) is 0 Å². The molecule has 2 aromatic carbocycles. The van der Waals surface area contributed by atoms with Crippen LogP contribution in [-0.4, -0.2) is 45.3 Å². The molecular formula is C27H23F6N5O2S. The SMILES string of the molecule is CC(=O)NC1CCN(c2nc(O)c(C(=Cc3ccc(C(F)(F)F)cc3C(F)(F)F)c3ccc4[nH]ncc4c3)s2)CC1. The van der Waals surface area contributed by atoms with Gasteiger partial charge >= 0.3 is 12.4 Å². The van der Waals surface area contributed by atoms with Crippen LogP contribution < -0.4 is 10.2 Å². The highest BCUT2D eigenvalue weighted by molar-refractivity contribution is 7.17. The van der Waals surface area contributed by atoms with Crippen molar-refractivity contribution < 1.29 is 36.2 Å². The molecule has 1 saturated heterocycles. The lowest BCUT2D eigenvalue weighted by Crippen LogP contribution is -2.44. The quantitative estimate of drug-likeness (QED) is 0.182. The Morgan fingerprint density at radius 3 is 2.49 bits per heavy atom. The number of nitrogens with zero attached hydrogens (tertiary/aromatic N) is 3. The fourth-order valence-electron chi connectivity index (χ4n) is 4.76. The van der Waals surface area contributed by atoms with E-state index in [0.717, 1.165) is 23.5 Å². The van der Waals surface area contributed by atoms with Crippen molar-refractivity contribution in [3.63, 3.8) is 0 Å². The van der Waals surface area contributed by atoms with Gasteiger partial charge in [-0.1, -0.05) is 23.5 Å². The predicted octanol–water partition coefficient (Wildman–Crippen LogP) is 6.46. The molecule has 1 fully saturated rings. The van der Waals surface area contributed by atoms with Crippen LogP contribution in [0.5, 0.6) is 5.88 Å². The topological polar surface area (TPSA) is 94.1 Å². The van der Waals surface area contributed by atoms with E-state index >= 15 is 0 Å². The third kappa shape index (κ3) is 6.16. The summed E-state index contributed by atoms with van der Waals surface area (Å²) in [7, 11) is 0. The Hall–Kier alpha value is -4.07. The highest BCUT2D eigenvalue weighted by Crippen LogP contribution is 2.43. The zero-order valence-corrected chi connectivity index (χ0v) is 22.2. The number of carbonyl (C=O) groups is 1. The standard InChI is InChI=1S/C27H23F6N5O2S/c1-14(39)35-19-6-8-38(9-7-19)25-36-24(40)23(41-25)20(15-3-5-22-17(10-15)13-34-37-22)11-16-2-4-18(26(28,29)30)12-21(16)27(31,32)33/h2-5,10-13,19,40H,6-9H2,1H3,(H,34,37)(H,35,39). The molecule has 0 bridgehead atoms. The Morgan fingerprint density at radius 1 is 1.10 bits per heavy atom. The molecule has 0 aliphatic carbocycles. The van der Waals surface area contributed by atoms with Crippen molar-refractivity contribution in [1.82, 2.24) is 20.5 Å². The van der Waals surface area contributed by atoms with E-state index in [1.54, 1.807) is 18.2 Å². The van der Waals surface area contributed by atoms with Gasteiger partial charge in [0, 0.05) is 37.0 Å². The number of amides is 1. The number of hydrogen-bond donors (Lipinski definition) is 3. The van der Waals surface area contributed by atoms with Crippen LogP contribution in [-0.2, 0) is 17.1 Å². The molecule has 3 N–H and O–H groups in total. The number of piperidine rings is 1. The lowest BCUT2D eigenvalue weighted by molar-refractivity contribution is -0.143. The van der Waals surface area contributed by atoms with E-state index in [2.05, 4.69) is 20.5 Å². The summed E-state index contributed by atoms with van der Waals surface area (Å²) in [5.74, 6) is -0.559. The maximum Gasteiger partial charge on any atom is 0.417 e. The monoisotopic (exact) mass is 595 g/mol. The van der Waals surface area contributed by atoms with Crippen molar-refractivity contribution in [1.29, 1.82) is 0 Å². The van der Waals surface area contributed by atoms with Crippen LogP contribution in [0.15, 0.2) is 42.6 Å². The van der Waals surface area contributed by atoms with E-state index in [0.29, 0.717) is 53.6 Å². The normalized spacial score (nSPS) is 15.5. The second-order valence-corrected chi connectivity index (χ2v) is 10.6. The van der Waals surface area contributed by atoms with Crippen LogP contribution in [0.1, 0.15) is 46.9 Å². The third-order valence-electron chi connectivity index (χ3n) is 6.75. The van der Waals surface area contributed by atoms with Crippen molar-refractivity contribution in [2.24, 2.45) is 0 Å². The summed E-state index contributed by atoms with van der Waals surface area (Å²) in [6, 6.07) is 6.37. The van der Waals surface area contributed by atoms with Gasteiger partial charge in [0.15, 0.2) is 5.13 Å². The number of nitrogens with one attached hydrogen (secondary N) is 2. The number of benzene rings is 2. The van der Waals surface area contributed by atoms with Crippen LogP contribution in [0.25, 0.3) is 22.6 Å². The molecule has 1 aliphatic rings. The molecule has 2 aromatic heterocycles. The molecule has 5 rings (SSSR count). The van der Waals surface area contributed by atoms with Crippen molar-refractivity contribution in [3.05, 3.63) is 69.7 Å². The number of fused-ring (bicyclic) bond motifs is 1. The molecule has 0 saturated carbocycles. The number of anilines is 1. The van der Waals surface area contributed by atoms with E-state index in [1.165, 1.54) is 13.1 Å². The number of alkyl halides is 6. The smallest absolute Gasteiger partial charge is 0.417 e. The van der Waals surface area contributed by atoms with Gasteiger partial charge in [0.2, 0.25) is 11.8 Å². The number of rotatable bonds is 5. The summed E-state index contributed by atoms with van der Waals surface area (Å²) in [4.78, 5) is 17.7. The van der Waals surface area contributed by atoms with Crippen molar-refractivity contribution >= 4 is 44.9 Å². The van der Waals surface area contributed by atoms with Crippen LogP contribution in [0, 0.1) is 0 Å². The number of carbonyl (C=O) groups excluding carboxylic acids is 1. The Bertz CT molecular complexity index is 1620. The lowest BCUT2D eigenvalue weighted by Gasteiger charge is -2.31. The Kier molecular flexibility index (Phi) is 7.45. The van der Waals surface area contributed by atoms with E-state index in [-0.39, 0.29) is 28.5 Å². The molecule has 3 heterocycles. The van der Waals surface area contributed by atoms with Crippen LogP contribution >= 0.6 is 11.3 Å². The van der Waals surface area contributed by atoms with Gasteiger partial charge in [-0.3, -0.25) is 9.89 Å². The maximum absolute atomic E-state index is 14.0. The van der Waals surface area contributed by atoms with Gasteiger partial charge in [-0.05, 0) is 54.3 Å². The molecule has 1 aliphatic heterocycles. The molecule has 0 atom stereocenters. The molecule has 0 spiro atoms. The van der Waals surface area contributed by atoms with E-state index in [9.17, 15) is 36.2 Å². The van der Waals surface area contributed by atoms with Gasteiger partial charge in [0.05, 0.1) is 22.8 Å². The lowest BCUT2D eigenvalue weighted by atomic mass is 9.96. The zero-order chi connectivity index (χ0) is 29.5. The van der Waals surface area contributed by atoms with Gasteiger partial charge < -0.3 is 15.3 Å². The van der Waals surface area contributed by atoms with Gasteiger partial charge in [-0.2, -0.15) is 36.4 Å². The zero-order valence-electron chi connectivity index (χ0n) is 21.4. The average Bonchev–Trinajstić information content (AvgIpc) is 3.52. The highest BCUT2D eigenvalue weighted by Gasteiger charge is 2.38. The van der Waals surface area contributed by atoms with Crippen molar-refractivity contribution in [2.45, 2.75) is 38.2 Å². The molecule has 4 aromatic rings. The van der Waals surface area contributed by atoms with Gasteiger partial charge in [-0.25, -0.2) is 0 Å². The Labute approximate surface area is 233 Å². The number of aromatic amines is 1. The molecule has 0 unspecified atom stereocenters. The van der Waals surface area contributed by atoms with Crippen LogP contribution in [0.3, 0.4) is 0 Å². The second kappa shape index (κ2) is 10.7. The first kappa shape index (κ1) is 28.5. The van der Waals surface area contributed by atoms with Crippen LogP contribution in [0.2, 0.25) is 0 Å².